The van der Waals surface area contributed by atoms with Gasteiger partial charge in [-0.15, -0.1) is 0 Å². The van der Waals surface area contributed by atoms with Gasteiger partial charge in [-0.2, -0.15) is 0 Å². The molecule has 1 heterocycles. The van der Waals surface area contributed by atoms with Crippen molar-refractivity contribution in [3.63, 3.8) is 0 Å². The third-order valence-corrected chi connectivity index (χ3v) is 3.40. The number of halogens is 1. The quantitative estimate of drug-likeness (QED) is 0.756. The van der Waals surface area contributed by atoms with Crippen molar-refractivity contribution >= 4 is 17.4 Å². The molecule has 0 aromatic heterocycles. The highest BCUT2D eigenvalue weighted by molar-refractivity contribution is 6.31. The predicted octanol–water partition coefficient (Wildman–Crippen LogP) is 3.26. The molecule has 1 saturated heterocycles. The second-order valence-corrected chi connectivity index (χ2v) is 4.73. The topological polar surface area (TPSA) is 26.3 Å². The van der Waals surface area contributed by atoms with Gasteiger partial charge in [0, 0.05) is 30.2 Å². The van der Waals surface area contributed by atoms with Gasteiger partial charge in [0.2, 0.25) is 0 Å². The summed E-state index contributed by atoms with van der Waals surface area (Å²) in [5, 5.41) is 0.661. The fourth-order valence-corrected chi connectivity index (χ4v) is 2.07. The van der Waals surface area contributed by atoms with Gasteiger partial charge in [0.05, 0.1) is 0 Å². The number of rotatable bonds is 3. The smallest absolute Gasteiger partial charge is 0.163 e. The van der Waals surface area contributed by atoms with Gasteiger partial charge < -0.3 is 4.74 Å². The summed E-state index contributed by atoms with van der Waals surface area (Å²) in [5.41, 5.74) is 1.71. The minimum atomic E-state index is 0.164. The normalized spacial score (nSPS) is 20.0. The second-order valence-electron chi connectivity index (χ2n) is 4.32. The van der Waals surface area contributed by atoms with E-state index < -0.39 is 0 Å². The molecule has 1 unspecified atom stereocenters. The molecule has 0 radical (unpaired) electrons. The maximum atomic E-state index is 11.9. The van der Waals surface area contributed by atoms with Crippen LogP contribution < -0.4 is 0 Å². The summed E-state index contributed by atoms with van der Waals surface area (Å²) in [5.74, 6) is 0.546. The SMILES string of the molecule is Cc1ccc(C(=O)CC2CCOC2)cc1Cl. The van der Waals surface area contributed by atoms with Gasteiger partial charge in [-0.25, -0.2) is 0 Å². The fourth-order valence-electron chi connectivity index (χ4n) is 1.89. The average molecular weight is 239 g/mol. The van der Waals surface area contributed by atoms with Crippen molar-refractivity contribution in [2.24, 2.45) is 5.92 Å². The van der Waals surface area contributed by atoms with Gasteiger partial charge in [0.15, 0.2) is 5.78 Å². The van der Waals surface area contributed by atoms with Crippen molar-refractivity contribution in [3.05, 3.63) is 34.3 Å². The van der Waals surface area contributed by atoms with Crippen LogP contribution in [0.4, 0.5) is 0 Å². The van der Waals surface area contributed by atoms with E-state index in [2.05, 4.69) is 0 Å². The van der Waals surface area contributed by atoms with E-state index in [-0.39, 0.29) is 5.78 Å². The highest BCUT2D eigenvalue weighted by Gasteiger charge is 2.20. The Balaban J connectivity index is 2.05. The van der Waals surface area contributed by atoms with Crippen molar-refractivity contribution in [1.82, 2.24) is 0 Å². The van der Waals surface area contributed by atoms with Crippen LogP contribution >= 0.6 is 11.6 Å². The van der Waals surface area contributed by atoms with Crippen LogP contribution in [0.25, 0.3) is 0 Å². The summed E-state index contributed by atoms with van der Waals surface area (Å²) in [6.07, 6.45) is 1.56. The van der Waals surface area contributed by atoms with Crippen molar-refractivity contribution in [3.8, 4) is 0 Å². The Kier molecular flexibility index (Phi) is 3.62. The minimum Gasteiger partial charge on any atom is -0.381 e. The number of hydrogen-bond donors (Lipinski definition) is 0. The van der Waals surface area contributed by atoms with E-state index in [1.54, 1.807) is 6.07 Å². The zero-order chi connectivity index (χ0) is 11.5. The lowest BCUT2D eigenvalue weighted by Gasteiger charge is -2.07. The number of ketones is 1. The van der Waals surface area contributed by atoms with Gasteiger partial charge in [-0.05, 0) is 30.9 Å². The zero-order valence-corrected chi connectivity index (χ0v) is 10.1. The zero-order valence-electron chi connectivity index (χ0n) is 9.33. The van der Waals surface area contributed by atoms with E-state index in [0.29, 0.717) is 29.5 Å². The molecule has 0 amide bonds. The number of carbonyl (C=O) groups is 1. The molecule has 0 saturated carbocycles. The Hall–Kier alpha value is -0.860. The molecule has 3 heteroatoms. The summed E-state index contributed by atoms with van der Waals surface area (Å²) < 4.78 is 5.26. The molecular formula is C13H15ClO2. The molecule has 1 aromatic rings. The molecular weight excluding hydrogens is 224 g/mol. The highest BCUT2D eigenvalue weighted by atomic mass is 35.5. The molecule has 86 valence electrons. The highest BCUT2D eigenvalue weighted by Crippen LogP contribution is 2.22. The lowest BCUT2D eigenvalue weighted by Crippen LogP contribution is -2.08. The number of ether oxygens (including phenoxy) is 1. The Morgan fingerprint density at radius 2 is 2.38 bits per heavy atom. The standard InChI is InChI=1S/C13H15ClO2/c1-9-2-3-11(7-12(9)14)13(15)6-10-4-5-16-8-10/h2-3,7,10H,4-6,8H2,1H3. The molecule has 2 nitrogen and oxygen atoms in total. The molecule has 1 aliphatic heterocycles. The van der Waals surface area contributed by atoms with E-state index in [1.165, 1.54) is 0 Å². The van der Waals surface area contributed by atoms with E-state index in [9.17, 15) is 4.79 Å². The van der Waals surface area contributed by atoms with Crippen molar-refractivity contribution < 1.29 is 9.53 Å². The van der Waals surface area contributed by atoms with Crippen LogP contribution in [-0.4, -0.2) is 19.0 Å². The molecule has 2 rings (SSSR count). The number of hydrogen-bond acceptors (Lipinski definition) is 2. The molecule has 1 aliphatic rings. The van der Waals surface area contributed by atoms with Crippen molar-refractivity contribution in [2.75, 3.05) is 13.2 Å². The number of benzene rings is 1. The number of aryl methyl sites for hydroxylation is 1. The average Bonchev–Trinajstić information content (AvgIpc) is 2.74. The summed E-state index contributed by atoms with van der Waals surface area (Å²) in [4.78, 5) is 11.9. The van der Waals surface area contributed by atoms with Gasteiger partial charge in [-0.1, -0.05) is 23.7 Å². The van der Waals surface area contributed by atoms with Crippen LogP contribution in [0.3, 0.4) is 0 Å². The van der Waals surface area contributed by atoms with E-state index in [4.69, 9.17) is 16.3 Å². The Bertz CT molecular complexity index is 395. The third-order valence-electron chi connectivity index (χ3n) is 2.99. The number of Topliss-reactive ketones (excluding diaryl/α,β-unsaturated/α-hetero) is 1. The molecule has 1 fully saturated rings. The first-order valence-corrected chi connectivity index (χ1v) is 5.91. The van der Waals surface area contributed by atoms with E-state index in [1.807, 2.05) is 19.1 Å². The lowest BCUT2D eigenvalue weighted by molar-refractivity contribution is 0.0953. The molecule has 0 N–H and O–H groups in total. The molecule has 1 aromatic carbocycles. The van der Waals surface area contributed by atoms with Crippen LogP contribution in [0.2, 0.25) is 5.02 Å². The van der Waals surface area contributed by atoms with Gasteiger partial charge in [0.1, 0.15) is 0 Å². The second kappa shape index (κ2) is 4.98. The first-order chi connectivity index (χ1) is 7.66. The van der Waals surface area contributed by atoms with Crippen LogP contribution in [0.15, 0.2) is 18.2 Å². The summed E-state index contributed by atoms with van der Waals surface area (Å²) in [7, 11) is 0. The summed E-state index contributed by atoms with van der Waals surface area (Å²) in [6.45, 7) is 3.43. The molecule has 0 bridgehead atoms. The van der Waals surface area contributed by atoms with Gasteiger partial charge >= 0.3 is 0 Å². The Morgan fingerprint density at radius 1 is 1.56 bits per heavy atom. The predicted molar refractivity (Wildman–Crippen MR) is 64.1 cm³/mol. The molecule has 0 aliphatic carbocycles. The van der Waals surface area contributed by atoms with Crippen LogP contribution in [0.5, 0.6) is 0 Å². The lowest BCUT2D eigenvalue weighted by atomic mass is 9.97. The Labute approximate surface area is 101 Å². The monoisotopic (exact) mass is 238 g/mol. The maximum Gasteiger partial charge on any atom is 0.163 e. The maximum absolute atomic E-state index is 11.9. The molecule has 0 spiro atoms. The summed E-state index contributed by atoms with van der Waals surface area (Å²) in [6, 6.07) is 5.50. The number of carbonyl (C=O) groups excluding carboxylic acids is 1. The van der Waals surface area contributed by atoms with Crippen LogP contribution in [-0.2, 0) is 4.74 Å². The van der Waals surface area contributed by atoms with Crippen molar-refractivity contribution in [2.45, 2.75) is 19.8 Å². The third kappa shape index (κ3) is 2.63. The first kappa shape index (κ1) is 11.6. The van der Waals surface area contributed by atoms with Crippen molar-refractivity contribution in [1.29, 1.82) is 0 Å². The van der Waals surface area contributed by atoms with Crippen LogP contribution in [0, 0.1) is 12.8 Å². The largest absolute Gasteiger partial charge is 0.381 e. The van der Waals surface area contributed by atoms with Gasteiger partial charge in [-0.3, -0.25) is 4.79 Å². The Morgan fingerprint density at radius 3 is 3.00 bits per heavy atom. The molecule has 1 atom stereocenters. The fraction of sp³-hybridized carbons (Fsp3) is 0.462. The minimum absolute atomic E-state index is 0.164. The van der Waals surface area contributed by atoms with E-state index in [0.717, 1.165) is 18.6 Å². The van der Waals surface area contributed by atoms with Crippen LogP contribution in [0.1, 0.15) is 28.8 Å². The first-order valence-electron chi connectivity index (χ1n) is 5.54. The van der Waals surface area contributed by atoms with Gasteiger partial charge in [0.25, 0.3) is 0 Å². The summed E-state index contributed by atoms with van der Waals surface area (Å²) >= 11 is 6.00. The molecule has 16 heavy (non-hydrogen) atoms. The van der Waals surface area contributed by atoms with E-state index >= 15 is 0 Å².